The van der Waals surface area contributed by atoms with Crippen molar-refractivity contribution in [3.05, 3.63) is 22.8 Å². The quantitative estimate of drug-likeness (QED) is 0.547. The van der Waals surface area contributed by atoms with Gasteiger partial charge in [-0.25, -0.2) is 0 Å². The van der Waals surface area contributed by atoms with Crippen molar-refractivity contribution in [3.63, 3.8) is 0 Å². The van der Waals surface area contributed by atoms with Gasteiger partial charge in [-0.3, -0.25) is 0 Å². The second-order valence-electron chi connectivity index (χ2n) is 3.12. The van der Waals surface area contributed by atoms with Crippen LogP contribution in [0.4, 0.5) is 0 Å². The first-order valence-electron chi connectivity index (χ1n) is 4.29. The Morgan fingerprint density at radius 1 is 1.62 bits per heavy atom. The van der Waals surface area contributed by atoms with Crippen LogP contribution >= 0.6 is 15.9 Å². The number of hydrogen-bond donors (Lipinski definition) is 0. The Balaban J connectivity index is 4.63. The van der Waals surface area contributed by atoms with Crippen molar-refractivity contribution in [3.8, 4) is 0 Å². The van der Waals surface area contributed by atoms with Crippen molar-refractivity contribution in [1.29, 1.82) is 0 Å². The number of nitrogens with zero attached hydrogens (tertiary/aromatic N) is 1. The largest absolute Gasteiger partial charge is 0.364 e. The van der Waals surface area contributed by atoms with E-state index in [1.54, 1.807) is 13.2 Å². The van der Waals surface area contributed by atoms with E-state index in [0.29, 0.717) is 12.8 Å². The van der Waals surface area contributed by atoms with E-state index in [1.165, 1.54) is 0 Å². The third-order valence-electron chi connectivity index (χ3n) is 1.85. The molecule has 0 aromatic heterocycles. The van der Waals surface area contributed by atoms with Crippen LogP contribution in [0.5, 0.6) is 0 Å². The molecule has 0 heterocycles. The van der Waals surface area contributed by atoms with Gasteiger partial charge >= 0.3 is 0 Å². The third-order valence-corrected chi connectivity index (χ3v) is 2.74. The molecule has 13 heavy (non-hydrogen) atoms. The first kappa shape index (κ1) is 12.7. The maximum absolute atomic E-state index is 5.12. The predicted molar refractivity (Wildman–Crippen MR) is 60.7 cm³/mol. The first-order chi connectivity index (χ1) is 6.04. The van der Waals surface area contributed by atoms with Crippen LogP contribution in [0.2, 0.25) is 0 Å². The third kappa shape index (κ3) is 3.96. The van der Waals surface area contributed by atoms with Gasteiger partial charge in [-0.1, -0.05) is 12.7 Å². The van der Waals surface area contributed by atoms with E-state index in [-0.39, 0.29) is 0 Å². The molecular formula is C10H18BrNO. The number of halogens is 1. The summed E-state index contributed by atoms with van der Waals surface area (Å²) in [6, 6.07) is 0.424. The second kappa shape index (κ2) is 6.22. The molecule has 76 valence electrons. The van der Waals surface area contributed by atoms with Crippen LogP contribution in [-0.4, -0.2) is 24.8 Å². The molecule has 0 aromatic rings. The van der Waals surface area contributed by atoms with E-state index < -0.39 is 0 Å². The zero-order valence-corrected chi connectivity index (χ0v) is 10.4. The minimum absolute atomic E-state index is 0.424. The van der Waals surface area contributed by atoms with Gasteiger partial charge in [0.15, 0.2) is 0 Å². The normalized spacial score (nSPS) is 12.8. The average Bonchev–Trinajstić information content (AvgIpc) is 2.11. The number of methoxy groups -OCH3 is 1. The molecular weight excluding hydrogens is 230 g/mol. The Hall–Kier alpha value is -0.280. The number of ether oxygens (including phenoxy) is 1. The maximum atomic E-state index is 5.12. The molecule has 0 saturated carbocycles. The van der Waals surface area contributed by atoms with Crippen LogP contribution in [0.3, 0.4) is 0 Å². The minimum Gasteiger partial charge on any atom is -0.364 e. The van der Waals surface area contributed by atoms with Crippen molar-refractivity contribution in [1.82, 2.24) is 4.90 Å². The highest BCUT2D eigenvalue weighted by Crippen LogP contribution is 2.18. The Morgan fingerprint density at radius 2 is 2.15 bits per heavy atom. The lowest BCUT2D eigenvalue weighted by Crippen LogP contribution is -2.31. The molecule has 0 N–H and O–H groups in total. The van der Waals surface area contributed by atoms with E-state index in [9.17, 15) is 0 Å². The summed E-state index contributed by atoms with van der Waals surface area (Å²) in [6.07, 6.45) is 1.79. The summed E-state index contributed by atoms with van der Waals surface area (Å²) in [5, 5.41) is 0. The molecule has 0 bridgehead atoms. The highest BCUT2D eigenvalue weighted by Gasteiger charge is 2.10. The molecule has 0 rings (SSSR count). The summed E-state index contributed by atoms with van der Waals surface area (Å²) in [6.45, 7) is 10.6. The summed E-state index contributed by atoms with van der Waals surface area (Å²) in [5.74, 6) is 0. The van der Waals surface area contributed by atoms with Crippen LogP contribution in [0.25, 0.3) is 0 Å². The lowest BCUT2D eigenvalue weighted by Gasteiger charge is -2.29. The lowest BCUT2D eigenvalue weighted by molar-refractivity contribution is 0.0683. The van der Waals surface area contributed by atoms with Crippen LogP contribution < -0.4 is 0 Å². The Morgan fingerprint density at radius 3 is 2.46 bits per heavy atom. The van der Waals surface area contributed by atoms with Gasteiger partial charge in [-0.2, -0.15) is 0 Å². The molecule has 0 saturated heterocycles. The molecule has 0 unspecified atom stereocenters. The van der Waals surface area contributed by atoms with Gasteiger partial charge < -0.3 is 9.64 Å². The summed E-state index contributed by atoms with van der Waals surface area (Å²) >= 11 is 3.45. The monoisotopic (exact) mass is 247 g/mol. The number of rotatable bonds is 5. The fourth-order valence-electron chi connectivity index (χ4n) is 1.06. The highest BCUT2D eigenvalue weighted by molar-refractivity contribution is 9.11. The van der Waals surface area contributed by atoms with E-state index in [2.05, 4.69) is 41.3 Å². The molecule has 0 fully saturated rings. The Kier molecular flexibility index (Phi) is 6.08. The molecule has 0 aliphatic heterocycles. The van der Waals surface area contributed by atoms with Gasteiger partial charge in [0.1, 0.15) is 6.73 Å². The van der Waals surface area contributed by atoms with Crippen LogP contribution in [-0.2, 0) is 4.74 Å². The van der Waals surface area contributed by atoms with Gasteiger partial charge in [0.2, 0.25) is 0 Å². The van der Waals surface area contributed by atoms with Crippen molar-refractivity contribution in [2.45, 2.75) is 26.8 Å². The first-order valence-corrected chi connectivity index (χ1v) is 5.08. The van der Waals surface area contributed by atoms with Crippen LogP contribution in [0, 0.1) is 0 Å². The standard InChI is InChI=1S/C10H18BrNO/c1-6-10(11)9(4)12(7-13-5)8(2)3/h6,8H,1,7H2,2-5H3/b10-9-. The fraction of sp³-hybridized carbons (Fsp3) is 0.600. The summed E-state index contributed by atoms with van der Waals surface area (Å²) in [7, 11) is 1.70. The van der Waals surface area contributed by atoms with Crippen molar-refractivity contribution < 1.29 is 4.74 Å². The maximum Gasteiger partial charge on any atom is 0.118 e. The second-order valence-corrected chi connectivity index (χ2v) is 3.97. The van der Waals surface area contributed by atoms with Crippen LogP contribution in [0.15, 0.2) is 22.8 Å². The van der Waals surface area contributed by atoms with Gasteiger partial charge in [-0.05, 0) is 36.7 Å². The molecule has 2 nitrogen and oxygen atoms in total. The Labute approximate surface area is 89.4 Å². The van der Waals surface area contributed by atoms with E-state index in [0.717, 1.165) is 10.2 Å². The lowest BCUT2D eigenvalue weighted by atomic mass is 10.3. The minimum atomic E-state index is 0.424. The van der Waals surface area contributed by atoms with Gasteiger partial charge in [0, 0.05) is 23.3 Å². The molecule has 0 atom stereocenters. The SMILES string of the molecule is C=C/C(Br)=C(\C)N(COC)C(C)C. The highest BCUT2D eigenvalue weighted by atomic mass is 79.9. The summed E-state index contributed by atoms with van der Waals surface area (Å²) in [5.41, 5.74) is 1.15. The molecule has 0 aliphatic carbocycles. The smallest absolute Gasteiger partial charge is 0.118 e. The number of allylic oxidation sites excluding steroid dienone is 3. The average molecular weight is 248 g/mol. The summed E-state index contributed by atoms with van der Waals surface area (Å²) < 4.78 is 6.13. The summed E-state index contributed by atoms with van der Waals surface area (Å²) in [4.78, 5) is 2.16. The molecule has 0 radical (unpaired) electrons. The van der Waals surface area contributed by atoms with E-state index in [4.69, 9.17) is 4.74 Å². The Bertz CT molecular complexity index is 199. The van der Waals surface area contributed by atoms with Crippen molar-refractivity contribution in [2.24, 2.45) is 0 Å². The zero-order valence-electron chi connectivity index (χ0n) is 8.80. The zero-order chi connectivity index (χ0) is 10.4. The van der Waals surface area contributed by atoms with Gasteiger partial charge in [-0.15, -0.1) is 0 Å². The molecule has 0 aliphatic rings. The van der Waals surface area contributed by atoms with Gasteiger partial charge in [0.05, 0.1) is 0 Å². The van der Waals surface area contributed by atoms with Crippen LogP contribution in [0.1, 0.15) is 20.8 Å². The molecule has 0 spiro atoms. The van der Waals surface area contributed by atoms with Crippen molar-refractivity contribution >= 4 is 15.9 Å². The van der Waals surface area contributed by atoms with E-state index >= 15 is 0 Å². The van der Waals surface area contributed by atoms with Crippen molar-refractivity contribution in [2.75, 3.05) is 13.8 Å². The van der Waals surface area contributed by atoms with Gasteiger partial charge in [0.25, 0.3) is 0 Å². The number of hydrogen-bond acceptors (Lipinski definition) is 2. The fourth-order valence-corrected chi connectivity index (χ4v) is 1.28. The molecule has 0 aromatic carbocycles. The molecule has 0 amide bonds. The topological polar surface area (TPSA) is 12.5 Å². The predicted octanol–water partition coefficient (Wildman–Crippen LogP) is 3.11. The van der Waals surface area contributed by atoms with E-state index in [1.807, 2.05) is 6.92 Å². The molecule has 3 heteroatoms.